The van der Waals surface area contributed by atoms with E-state index in [1.807, 2.05) is 0 Å². The number of rotatable bonds is 6. The first-order valence-corrected chi connectivity index (χ1v) is 6.42. The molecule has 0 fully saturated rings. The van der Waals surface area contributed by atoms with Crippen LogP contribution in [0.25, 0.3) is 0 Å². The van der Waals surface area contributed by atoms with Gasteiger partial charge in [-0.25, -0.2) is 0 Å². The van der Waals surface area contributed by atoms with Crippen LogP contribution in [0.3, 0.4) is 0 Å². The lowest BCUT2D eigenvalue weighted by Gasteiger charge is -2.20. The Labute approximate surface area is 121 Å². The first-order valence-electron chi connectivity index (χ1n) is 6.42. The van der Waals surface area contributed by atoms with Crippen molar-refractivity contribution in [1.82, 2.24) is 0 Å². The fourth-order valence-corrected chi connectivity index (χ4v) is 2.56. The minimum atomic E-state index is -1.03. The molecule has 7 heteroatoms. The summed E-state index contributed by atoms with van der Waals surface area (Å²) in [5, 5.41) is 10.9. The Hall–Kier alpha value is -2.44. The van der Waals surface area contributed by atoms with Crippen LogP contribution in [0.5, 0.6) is 11.5 Å². The van der Waals surface area contributed by atoms with Crippen molar-refractivity contribution >= 4 is 11.6 Å². The van der Waals surface area contributed by atoms with E-state index in [0.717, 1.165) is 0 Å². The summed E-state index contributed by atoms with van der Waals surface area (Å²) in [5.74, 6) is -1.60. The second-order valence-electron chi connectivity index (χ2n) is 4.93. The van der Waals surface area contributed by atoms with Crippen LogP contribution in [0.15, 0.2) is 18.2 Å². The smallest absolute Gasteiger partial charge is 0.231 e. The van der Waals surface area contributed by atoms with Gasteiger partial charge in [-0.1, -0.05) is 6.07 Å². The largest absolute Gasteiger partial charge is 0.454 e. The van der Waals surface area contributed by atoms with Gasteiger partial charge in [0.1, 0.15) is 11.6 Å². The van der Waals surface area contributed by atoms with Gasteiger partial charge in [0.2, 0.25) is 13.3 Å². The monoisotopic (exact) mass is 293 g/mol. The molecule has 1 aromatic carbocycles. The van der Waals surface area contributed by atoms with Gasteiger partial charge in [-0.3, -0.25) is 19.7 Å². The predicted octanol–water partition coefficient (Wildman–Crippen LogP) is 1.57. The minimum Gasteiger partial charge on any atom is -0.454 e. The highest BCUT2D eigenvalue weighted by atomic mass is 16.7. The number of nitro groups is 1. The molecule has 0 aliphatic carbocycles. The lowest BCUT2D eigenvalue weighted by molar-refractivity contribution is -0.484. The summed E-state index contributed by atoms with van der Waals surface area (Å²) in [7, 11) is 0. The van der Waals surface area contributed by atoms with Crippen LogP contribution in [0.2, 0.25) is 0 Å². The third-order valence-corrected chi connectivity index (χ3v) is 3.45. The van der Waals surface area contributed by atoms with Crippen LogP contribution in [-0.4, -0.2) is 29.8 Å². The Morgan fingerprint density at radius 2 is 1.86 bits per heavy atom. The maximum atomic E-state index is 11.7. The van der Waals surface area contributed by atoms with Crippen molar-refractivity contribution in [3.63, 3.8) is 0 Å². The van der Waals surface area contributed by atoms with Gasteiger partial charge in [-0.05, 0) is 31.5 Å². The fraction of sp³-hybridized carbons (Fsp3) is 0.429. The molecular weight excluding hydrogens is 278 g/mol. The number of ether oxygens (including phenoxy) is 2. The second kappa shape index (κ2) is 5.90. The number of benzene rings is 1. The van der Waals surface area contributed by atoms with E-state index in [4.69, 9.17) is 9.47 Å². The fourth-order valence-electron chi connectivity index (χ4n) is 2.56. The normalized spacial score (nSPS) is 14.0. The molecule has 0 aromatic heterocycles. The van der Waals surface area contributed by atoms with Crippen molar-refractivity contribution in [2.45, 2.75) is 19.8 Å². The molecule has 1 atom stereocenters. The summed E-state index contributed by atoms with van der Waals surface area (Å²) in [5.41, 5.74) is 0.520. The topological polar surface area (TPSA) is 95.7 Å². The predicted molar refractivity (Wildman–Crippen MR) is 72.0 cm³/mol. The lowest BCUT2D eigenvalue weighted by atomic mass is 9.81. The molecule has 0 spiro atoms. The molecule has 0 saturated heterocycles. The molecule has 0 radical (unpaired) electrons. The molecule has 112 valence electrons. The highest BCUT2D eigenvalue weighted by molar-refractivity contribution is 6.01. The van der Waals surface area contributed by atoms with Crippen molar-refractivity contribution in [2.75, 3.05) is 13.3 Å². The molecular formula is C14H15NO6. The summed E-state index contributed by atoms with van der Waals surface area (Å²) >= 11 is 0. The summed E-state index contributed by atoms with van der Waals surface area (Å²) < 4.78 is 10.4. The molecule has 0 unspecified atom stereocenters. The molecule has 0 saturated carbocycles. The van der Waals surface area contributed by atoms with E-state index in [0.29, 0.717) is 17.1 Å². The van der Waals surface area contributed by atoms with Gasteiger partial charge in [0.15, 0.2) is 11.5 Å². The van der Waals surface area contributed by atoms with Crippen molar-refractivity contribution < 1.29 is 24.0 Å². The molecule has 1 aliphatic heterocycles. The number of Topliss-reactive ketones (excluding diaryl/α,β-unsaturated/α-hetero) is 2. The molecule has 0 N–H and O–H groups in total. The zero-order valence-corrected chi connectivity index (χ0v) is 11.7. The molecule has 1 heterocycles. The van der Waals surface area contributed by atoms with Crippen molar-refractivity contribution in [3.05, 3.63) is 33.9 Å². The highest BCUT2D eigenvalue weighted by Crippen LogP contribution is 2.37. The van der Waals surface area contributed by atoms with E-state index in [1.54, 1.807) is 18.2 Å². The number of carbonyl (C=O) groups is 2. The van der Waals surface area contributed by atoms with Gasteiger partial charge in [0.25, 0.3) is 0 Å². The molecule has 1 aromatic rings. The van der Waals surface area contributed by atoms with Gasteiger partial charge < -0.3 is 9.47 Å². The number of ketones is 2. The van der Waals surface area contributed by atoms with Gasteiger partial charge in [-0.15, -0.1) is 0 Å². The SMILES string of the molecule is CC(=O)C(C(C)=O)[C@@H](C[N+](=O)[O-])c1ccc2c(c1)OCO2. The van der Waals surface area contributed by atoms with Crippen LogP contribution in [0.1, 0.15) is 25.3 Å². The van der Waals surface area contributed by atoms with Crippen LogP contribution in [-0.2, 0) is 9.59 Å². The number of hydrogen-bond donors (Lipinski definition) is 0. The van der Waals surface area contributed by atoms with Gasteiger partial charge in [0, 0.05) is 4.92 Å². The van der Waals surface area contributed by atoms with Crippen molar-refractivity contribution in [3.8, 4) is 11.5 Å². The van der Waals surface area contributed by atoms with E-state index in [1.165, 1.54) is 13.8 Å². The first-order chi connectivity index (χ1) is 9.90. The van der Waals surface area contributed by atoms with Gasteiger partial charge in [0.05, 0.1) is 11.8 Å². The second-order valence-corrected chi connectivity index (χ2v) is 4.93. The van der Waals surface area contributed by atoms with Crippen molar-refractivity contribution in [1.29, 1.82) is 0 Å². The van der Waals surface area contributed by atoms with Crippen LogP contribution >= 0.6 is 0 Å². The van der Waals surface area contributed by atoms with Crippen molar-refractivity contribution in [2.24, 2.45) is 5.92 Å². The third-order valence-electron chi connectivity index (χ3n) is 3.45. The molecule has 21 heavy (non-hydrogen) atoms. The summed E-state index contributed by atoms with van der Waals surface area (Å²) in [6.07, 6.45) is 0. The molecule has 2 rings (SSSR count). The van der Waals surface area contributed by atoms with E-state index in [2.05, 4.69) is 0 Å². The van der Waals surface area contributed by atoms with E-state index in [9.17, 15) is 19.7 Å². The zero-order chi connectivity index (χ0) is 15.6. The minimum absolute atomic E-state index is 0.0849. The summed E-state index contributed by atoms with van der Waals surface area (Å²) in [6, 6.07) is 4.85. The average molecular weight is 293 g/mol. The number of carbonyl (C=O) groups excluding carboxylic acids is 2. The average Bonchev–Trinajstić information content (AvgIpc) is 2.83. The highest BCUT2D eigenvalue weighted by Gasteiger charge is 2.35. The third kappa shape index (κ3) is 3.18. The zero-order valence-electron chi connectivity index (χ0n) is 11.7. The number of hydrogen-bond acceptors (Lipinski definition) is 6. The Bertz CT molecular complexity index is 583. The van der Waals surface area contributed by atoms with Crippen LogP contribution in [0, 0.1) is 16.0 Å². The van der Waals surface area contributed by atoms with Crippen LogP contribution in [0.4, 0.5) is 0 Å². The molecule has 1 aliphatic rings. The maximum Gasteiger partial charge on any atom is 0.231 e. The standard InChI is InChI=1S/C14H15NO6/c1-8(16)14(9(2)17)11(6-15(18)19)10-3-4-12-13(5-10)21-7-20-12/h3-5,11,14H,6-7H2,1-2H3/t11-/m0/s1. The Balaban J connectivity index is 2.41. The van der Waals surface area contributed by atoms with E-state index >= 15 is 0 Å². The lowest BCUT2D eigenvalue weighted by Crippen LogP contribution is -2.31. The number of fused-ring (bicyclic) bond motifs is 1. The Kier molecular flexibility index (Phi) is 4.21. The van der Waals surface area contributed by atoms with Gasteiger partial charge >= 0.3 is 0 Å². The van der Waals surface area contributed by atoms with E-state index in [-0.39, 0.29) is 18.4 Å². The number of nitrogens with zero attached hydrogens (tertiary/aromatic N) is 1. The van der Waals surface area contributed by atoms with E-state index < -0.39 is 23.3 Å². The molecule has 0 amide bonds. The summed E-state index contributed by atoms with van der Waals surface area (Å²) in [6.45, 7) is 2.13. The van der Waals surface area contributed by atoms with Crippen LogP contribution < -0.4 is 9.47 Å². The quantitative estimate of drug-likeness (QED) is 0.449. The Morgan fingerprint density at radius 1 is 1.24 bits per heavy atom. The summed E-state index contributed by atoms with van der Waals surface area (Å²) in [4.78, 5) is 33.8. The first kappa shape index (κ1) is 15.0. The Morgan fingerprint density at radius 3 is 2.43 bits per heavy atom. The maximum absolute atomic E-state index is 11.7. The molecule has 0 bridgehead atoms. The molecule has 7 nitrogen and oxygen atoms in total. The van der Waals surface area contributed by atoms with Gasteiger partial charge in [-0.2, -0.15) is 0 Å².